The lowest BCUT2D eigenvalue weighted by Gasteiger charge is -2.26. The minimum absolute atomic E-state index is 0.0992. The molecular formula is C14H24N4. The molecule has 1 aliphatic carbocycles. The molecule has 1 heterocycles. The summed E-state index contributed by atoms with van der Waals surface area (Å²) >= 11 is 0. The van der Waals surface area contributed by atoms with Gasteiger partial charge < -0.3 is 5.73 Å². The van der Waals surface area contributed by atoms with Gasteiger partial charge in [-0.25, -0.2) is 0 Å². The van der Waals surface area contributed by atoms with E-state index in [-0.39, 0.29) is 6.17 Å². The molecule has 0 radical (unpaired) electrons. The van der Waals surface area contributed by atoms with Crippen LogP contribution in [0.3, 0.4) is 0 Å². The molecule has 0 aromatic rings. The molecule has 2 N–H and O–H groups in total. The first-order valence-electron chi connectivity index (χ1n) is 7.04. The highest BCUT2D eigenvalue weighted by Crippen LogP contribution is 2.21. The molecule has 0 aromatic heterocycles. The molecule has 0 bridgehead atoms. The summed E-state index contributed by atoms with van der Waals surface area (Å²) in [5.74, 6) is 0.493. The van der Waals surface area contributed by atoms with E-state index in [1.54, 1.807) is 0 Å². The van der Waals surface area contributed by atoms with E-state index in [9.17, 15) is 0 Å². The minimum atomic E-state index is -0.0992. The third kappa shape index (κ3) is 3.48. The lowest BCUT2D eigenvalue weighted by atomic mass is 9.92. The van der Waals surface area contributed by atoms with Crippen LogP contribution in [0.25, 0.3) is 0 Å². The fraction of sp³-hybridized carbons (Fsp3) is 0.786. The smallest absolute Gasteiger partial charge is 0.0936 e. The van der Waals surface area contributed by atoms with Crippen LogP contribution in [0.4, 0.5) is 0 Å². The number of hydrogen-bond donors (Lipinski definition) is 1. The Kier molecular flexibility index (Phi) is 4.64. The molecule has 3 unspecified atom stereocenters. The molecule has 18 heavy (non-hydrogen) atoms. The molecule has 100 valence electrons. The molecular weight excluding hydrogens is 224 g/mol. The molecule has 2 aliphatic rings. The molecule has 0 aromatic carbocycles. The van der Waals surface area contributed by atoms with Crippen LogP contribution in [-0.2, 0) is 0 Å². The van der Waals surface area contributed by atoms with E-state index in [4.69, 9.17) is 15.7 Å². The molecule has 0 spiro atoms. The first-order chi connectivity index (χ1) is 8.66. The summed E-state index contributed by atoms with van der Waals surface area (Å²) in [6.07, 6.45) is 7.58. The molecule has 0 saturated heterocycles. The maximum atomic E-state index is 5.60. The third-order valence-electron chi connectivity index (χ3n) is 3.68. The molecule has 1 aliphatic heterocycles. The van der Waals surface area contributed by atoms with Gasteiger partial charge in [0.15, 0.2) is 0 Å². The van der Waals surface area contributed by atoms with Crippen molar-refractivity contribution in [3.05, 3.63) is 0 Å². The topological polar surface area (TPSA) is 63.1 Å². The molecule has 4 heteroatoms. The van der Waals surface area contributed by atoms with E-state index >= 15 is 0 Å². The molecule has 1 fully saturated rings. The van der Waals surface area contributed by atoms with E-state index in [1.165, 1.54) is 24.3 Å². The molecule has 1 saturated carbocycles. The summed E-state index contributed by atoms with van der Waals surface area (Å²) in [5, 5.41) is 0. The number of rotatable bonds is 4. The van der Waals surface area contributed by atoms with Crippen molar-refractivity contribution < 1.29 is 0 Å². The van der Waals surface area contributed by atoms with E-state index in [0.29, 0.717) is 12.0 Å². The van der Waals surface area contributed by atoms with Crippen LogP contribution in [0.2, 0.25) is 0 Å². The van der Waals surface area contributed by atoms with Crippen LogP contribution in [-0.4, -0.2) is 36.4 Å². The van der Waals surface area contributed by atoms with Crippen molar-refractivity contribution in [1.82, 2.24) is 0 Å². The number of nitrogens with two attached hydrogens (primary N) is 1. The monoisotopic (exact) mass is 248 g/mol. The van der Waals surface area contributed by atoms with E-state index < -0.39 is 0 Å². The van der Waals surface area contributed by atoms with E-state index in [2.05, 4.69) is 11.9 Å². The SMILES string of the molecule is CC(N)/N=C\CC(C)C1CN=C2CCCCC2=N1. The standard InChI is InChI=1S/C14H24N4/c1-10(7-8-16-11(2)15)14-9-17-12-5-3-4-6-13(12)18-14/h8,10-11,14H,3-7,9,15H2,1-2H3/b16-8-. The van der Waals surface area contributed by atoms with Gasteiger partial charge in [-0.15, -0.1) is 0 Å². The predicted molar refractivity (Wildman–Crippen MR) is 77.9 cm³/mol. The molecule has 2 rings (SSSR count). The van der Waals surface area contributed by atoms with Gasteiger partial charge in [0, 0.05) is 6.21 Å². The largest absolute Gasteiger partial charge is 0.310 e. The van der Waals surface area contributed by atoms with Gasteiger partial charge in [0.05, 0.1) is 30.2 Å². The van der Waals surface area contributed by atoms with Crippen LogP contribution in [0.1, 0.15) is 46.0 Å². The van der Waals surface area contributed by atoms with Crippen LogP contribution in [0.15, 0.2) is 15.0 Å². The first kappa shape index (κ1) is 13.4. The number of aliphatic imine (C=N–C) groups is 3. The van der Waals surface area contributed by atoms with Crippen molar-refractivity contribution in [2.75, 3.05) is 6.54 Å². The highest BCUT2D eigenvalue weighted by molar-refractivity contribution is 6.43. The Hall–Kier alpha value is -1.03. The second-order valence-corrected chi connectivity index (χ2v) is 5.42. The second kappa shape index (κ2) is 6.23. The number of fused-ring (bicyclic) bond motifs is 1. The fourth-order valence-corrected chi connectivity index (χ4v) is 2.49. The van der Waals surface area contributed by atoms with Gasteiger partial charge in [0.1, 0.15) is 0 Å². The van der Waals surface area contributed by atoms with Crippen LogP contribution < -0.4 is 5.73 Å². The van der Waals surface area contributed by atoms with Crippen molar-refractivity contribution >= 4 is 17.6 Å². The lowest BCUT2D eigenvalue weighted by molar-refractivity contribution is 0.476. The Morgan fingerprint density at radius 1 is 1.33 bits per heavy atom. The van der Waals surface area contributed by atoms with Gasteiger partial charge in [-0.05, 0) is 44.9 Å². The zero-order valence-electron chi connectivity index (χ0n) is 11.5. The zero-order valence-corrected chi connectivity index (χ0v) is 11.5. The van der Waals surface area contributed by atoms with Crippen LogP contribution in [0, 0.1) is 5.92 Å². The van der Waals surface area contributed by atoms with Crippen molar-refractivity contribution in [2.24, 2.45) is 26.6 Å². The Balaban J connectivity index is 1.91. The summed E-state index contributed by atoms with van der Waals surface area (Å²) in [6.45, 7) is 4.97. The normalized spacial score (nSPS) is 27.4. The van der Waals surface area contributed by atoms with Gasteiger partial charge in [0.2, 0.25) is 0 Å². The molecule has 4 nitrogen and oxygen atoms in total. The Bertz CT molecular complexity index is 368. The Morgan fingerprint density at radius 3 is 2.78 bits per heavy atom. The summed E-state index contributed by atoms with van der Waals surface area (Å²) < 4.78 is 0. The van der Waals surface area contributed by atoms with Crippen molar-refractivity contribution in [3.8, 4) is 0 Å². The fourth-order valence-electron chi connectivity index (χ4n) is 2.49. The molecule has 0 amide bonds. The third-order valence-corrected chi connectivity index (χ3v) is 3.68. The highest BCUT2D eigenvalue weighted by Gasteiger charge is 2.24. The summed E-state index contributed by atoms with van der Waals surface area (Å²) in [5.41, 5.74) is 8.14. The number of nitrogens with zero attached hydrogens (tertiary/aromatic N) is 3. The predicted octanol–water partition coefficient (Wildman–Crippen LogP) is 2.23. The Morgan fingerprint density at radius 2 is 2.06 bits per heavy atom. The van der Waals surface area contributed by atoms with Crippen molar-refractivity contribution in [3.63, 3.8) is 0 Å². The number of hydrogen-bond acceptors (Lipinski definition) is 4. The summed E-state index contributed by atoms with van der Waals surface area (Å²) in [6, 6.07) is 0.335. The highest BCUT2D eigenvalue weighted by atomic mass is 14.9. The van der Waals surface area contributed by atoms with Gasteiger partial charge in [0.25, 0.3) is 0 Å². The van der Waals surface area contributed by atoms with Gasteiger partial charge in [-0.3, -0.25) is 15.0 Å². The van der Waals surface area contributed by atoms with E-state index in [1.807, 2.05) is 13.1 Å². The minimum Gasteiger partial charge on any atom is -0.310 e. The summed E-state index contributed by atoms with van der Waals surface area (Å²) in [4.78, 5) is 13.8. The average Bonchev–Trinajstić information content (AvgIpc) is 2.37. The quantitative estimate of drug-likeness (QED) is 0.762. The van der Waals surface area contributed by atoms with Crippen molar-refractivity contribution in [1.29, 1.82) is 0 Å². The zero-order chi connectivity index (χ0) is 13.0. The van der Waals surface area contributed by atoms with Gasteiger partial charge in [-0.1, -0.05) is 6.92 Å². The van der Waals surface area contributed by atoms with Gasteiger partial charge in [-0.2, -0.15) is 0 Å². The first-order valence-corrected chi connectivity index (χ1v) is 7.04. The van der Waals surface area contributed by atoms with E-state index in [0.717, 1.165) is 25.8 Å². The Labute approximate surface area is 109 Å². The second-order valence-electron chi connectivity index (χ2n) is 5.42. The average molecular weight is 248 g/mol. The van der Waals surface area contributed by atoms with Gasteiger partial charge >= 0.3 is 0 Å². The van der Waals surface area contributed by atoms with Crippen LogP contribution in [0.5, 0.6) is 0 Å². The molecule has 3 atom stereocenters. The van der Waals surface area contributed by atoms with Crippen molar-refractivity contribution in [2.45, 2.75) is 58.2 Å². The van der Waals surface area contributed by atoms with Crippen LogP contribution >= 0.6 is 0 Å². The lowest BCUT2D eigenvalue weighted by Crippen LogP contribution is -2.32. The maximum absolute atomic E-state index is 5.60. The maximum Gasteiger partial charge on any atom is 0.0936 e. The summed E-state index contributed by atoms with van der Waals surface area (Å²) in [7, 11) is 0.